The third-order valence-electron chi connectivity index (χ3n) is 4.45. The standard InChI is InChI=1S/C19H31N3O4/c1-18(2)10-13(11-19(3,4)22-18)21-17(23)20-12-8-14(24-5)16(26-7)15(9-12)25-6/h8-9,13,22H,10-11H2,1-7H3,(H2,20,21,23). The maximum absolute atomic E-state index is 12.5. The Morgan fingerprint density at radius 1 is 1.00 bits per heavy atom. The third kappa shape index (κ3) is 4.94. The van der Waals surface area contributed by atoms with Crippen LogP contribution in [0.2, 0.25) is 0 Å². The van der Waals surface area contributed by atoms with Crippen LogP contribution in [0.1, 0.15) is 40.5 Å². The van der Waals surface area contributed by atoms with Gasteiger partial charge in [0.05, 0.1) is 27.0 Å². The van der Waals surface area contributed by atoms with Crippen molar-refractivity contribution < 1.29 is 19.0 Å². The molecule has 0 atom stereocenters. The molecule has 1 aliphatic rings. The molecule has 0 saturated carbocycles. The molecular formula is C19H31N3O4. The minimum Gasteiger partial charge on any atom is -0.493 e. The maximum Gasteiger partial charge on any atom is 0.319 e. The van der Waals surface area contributed by atoms with Gasteiger partial charge in [0, 0.05) is 29.3 Å². The van der Waals surface area contributed by atoms with Gasteiger partial charge in [-0.2, -0.15) is 0 Å². The molecule has 1 aromatic carbocycles. The number of ether oxygens (including phenoxy) is 3. The second-order valence-corrected chi connectivity index (χ2v) is 8.01. The Morgan fingerprint density at radius 3 is 1.92 bits per heavy atom. The van der Waals surface area contributed by atoms with E-state index >= 15 is 0 Å². The van der Waals surface area contributed by atoms with Gasteiger partial charge in [-0.25, -0.2) is 4.79 Å². The number of carbonyl (C=O) groups excluding carboxylic acids is 1. The maximum atomic E-state index is 12.5. The molecule has 26 heavy (non-hydrogen) atoms. The van der Waals surface area contributed by atoms with Crippen LogP contribution in [0.15, 0.2) is 12.1 Å². The van der Waals surface area contributed by atoms with Crippen LogP contribution in [0.25, 0.3) is 0 Å². The van der Waals surface area contributed by atoms with Gasteiger partial charge in [-0.05, 0) is 40.5 Å². The molecule has 0 bridgehead atoms. The highest BCUT2D eigenvalue weighted by atomic mass is 16.5. The van der Waals surface area contributed by atoms with E-state index in [2.05, 4.69) is 43.6 Å². The highest BCUT2D eigenvalue weighted by molar-refractivity contribution is 5.90. The highest BCUT2D eigenvalue weighted by Gasteiger charge is 2.38. The number of piperidine rings is 1. The van der Waals surface area contributed by atoms with Gasteiger partial charge in [0.2, 0.25) is 5.75 Å². The molecule has 1 fully saturated rings. The predicted octanol–water partition coefficient (Wildman–Crippen LogP) is 3.14. The van der Waals surface area contributed by atoms with Crippen LogP contribution in [0.4, 0.5) is 10.5 Å². The van der Waals surface area contributed by atoms with Gasteiger partial charge in [0.15, 0.2) is 11.5 Å². The summed E-state index contributed by atoms with van der Waals surface area (Å²) < 4.78 is 15.9. The van der Waals surface area contributed by atoms with Gasteiger partial charge in [-0.15, -0.1) is 0 Å². The number of nitrogens with one attached hydrogen (secondary N) is 3. The summed E-state index contributed by atoms with van der Waals surface area (Å²) >= 11 is 0. The van der Waals surface area contributed by atoms with Gasteiger partial charge < -0.3 is 30.2 Å². The molecule has 1 saturated heterocycles. The van der Waals surface area contributed by atoms with E-state index in [1.54, 1.807) is 33.5 Å². The molecule has 0 aliphatic carbocycles. The van der Waals surface area contributed by atoms with Crippen LogP contribution < -0.4 is 30.2 Å². The number of urea groups is 1. The fraction of sp³-hybridized carbons (Fsp3) is 0.632. The molecule has 1 aromatic rings. The van der Waals surface area contributed by atoms with Crippen LogP contribution in [-0.4, -0.2) is 44.5 Å². The van der Waals surface area contributed by atoms with Crippen molar-refractivity contribution in [1.82, 2.24) is 10.6 Å². The fourth-order valence-corrected chi connectivity index (χ4v) is 3.93. The van der Waals surface area contributed by atoms with Crippen molar-refractivity contribution >= 4 is 11.7 Å². The number of anilines is 1. The van der Waals surface area contributed by atoms with Crippen LogP contribution in [0.5, 0.6) is 17.2 Å². The third-order valence-corrected chi connectivity index (χ3v) is 4.45. The zero-order valence-corrected chi connectivity index (χ0v) is 16.8. The summed E-state index contributed by atoms with van der Waals surface area (Å²) in [4.78, 5) is 12.5. The zero-order valence-electron chi connectivity index (χ0n) is 16.8. The molecule has 2 amide bonds. The van der Waals surface area contributed by atoms with E-state index in [4.69, 9.17) is 14.2 Å². The van der Waals surface area contributed by atoms with Gasteiger partial charge in [0.25, 0.3) is 0 Å². The number of amides is 2. The van der Waals surface area contributed by atoms with Crippen molar-refractivity contribution in [2.45, 2.75) is 57.7 Å². The average Bonchev–Trinajstić information content (AvgIpc) is 2.50. The van der Waals surface area contributed by atoms with E-state index in [1.165, 1.54) is 0 Å². The van der Waals surface area contributed by atoms with E-state index in [9.17, 15) is 4.79 Å². The Kier molecular flexibility index (Phi) is 5.91. The summed E-state index contributed by atoms with van der Waals surface area (Å²) in [7, 11) is 4.63. The summed E-state index contributed by atoms with van der Waals surface area (Å²) in [6, 6.07) is 3.25. The van der Waals surface area contributed by atoms with Crippen LogP contribution in [-0.2, 0) is 0 Å². The van der Waals surface area contributed by atoms with E-state index in [1.807, 2.05) is 0 Å². The largest absolute Gasteiger partial charge is 0.493 e. The minimum atomic E-state index is -0.252. The lowest BCUT2D eigenvalue weighted by Gasteiger charge is -2.46. The quantitative estimate of drug-likeness (QED) is 0.747. The first-order valence-corrected chi connectivity index (χ1v) is 8.76. The Bertz CT molecular complexity index is 617. The van der Waals surface area contributed by atoms with Crippen LogP contribution in [0, 0.1) is 0 Å². The minimum absolute atomic E-state index is 0.0355. The first-order chi connectivity index (χ1) is 12.1. The number of benzene rings is 1. The first-order valence-electron chi connectivity index (χ1n) is 8.76. The van der Waals surface area contributed by atoms with E-state index in [0.717, 1.165) is 12.8 Å². The van der Waals surface area contributed by atoms with Gasteiger partial charge in [0.1, 0.15) is 0 Å². The molecule has 0 aromatic heterocycles. The number of rotatable bonds is 5. The van der Waals surface area contributed by atoms with Gasteiger partial charge >= 0.3 is 6.03 Å². The van der Waals surface area contributed by atoms with Crippen molar-refractivity contribution in [3.63, 3.8) is 0 Å². The lowest BCUT2D eigenvalue weighted by atomic mass is 9.80. The predicted molar refractivity (Wildman–Crippen MR) is 103 cm³/mol. The smallest absolute Gasteiger partial charge is 0.319 e. The lowest BCUT2D eigenvalue weighted by Crippen LogP contribution is -2.62. The number of hydrogen-bond donors (Lipinski definition) is 3. The van der Waals surface area contributed by atoms with Crippen molar-refractivity contribution in [3.05, 3.63) is 12.1 Å². The Hall–Kier alpha value is -2.15. The number of hydrogen-bond acceptors (Lipinski definition) is 5. The molecule has 7 nitrogen and oxygen atoms in total. The van der Waals surface area contributed by atoms with Crippen molar-refractivity contribution in [2.75, 3.05) is 26.6 Å². The normalized spacial score (nSPS) is 18.7. The molecule has 146 valence electrons. The summed E-state index contributed by atoms with van der Waals surface area (Å²) in [6.45, 7) is 8.61. The Balaban J connectivity index is 2.10. The number of carbonyl (C=O) groups is 1. The molecule has 0 unspecified atom stereocenters. The second-order valence-electron chi connectivity index (χ2n) is 8.01. The molecule has 2 rings (SSSR count). The zero-order chi connectivity index (χ0) is 19.5. The molecule has 3 N–H and O–H groups in total. The van der Waals surface area contributed by atoms with Crippen LogP contribution in [0.3, 0.4) is 0 Å². The first kappa shape index (κ1) is 20.2. The summed E-state index contributed by atoms with van der Waals surface area (Å²) in [5.74, 6) is 1.47. The molecule has 7 heteroatoms. The van der Waals surface area contributed by atoms with Gasteiger partial charge in [-0.1, -0.05) is 0 Å². The molecule has 0 spiro atoms. The van der Waals surface area contributed by atoms with Crippen molar-refractivity contribution in [2.24, 2.45) is 0 Å². The van der Waals surface area contributed by atoms with E-state index in [0.29, 0.717) is 22.9 Å². The number of methoxy groups -OCH3 is 3. The average molecular weight is 365 g/mol. The molecular weight excluding hydrogens is 334 g/mol. The Morgan fingerprint density at radius 2 is 1.50 bits per heavy atom. The molecule has 1 heterocycles. The van der Waals surface area contributed by atoms with E-state index in [-0.39, 0.29) is 23.2 Å². The second kappa shape index (κ2) is 7.61. The molecule has 0 radical (unpaired) electrons. The van der Waals surface area contributed by atoms with Crippen molar-refractivity contribution in [1.29, 1.82) is 0 Å². The molecule has 1 aliphatic heterocycles. The summed E-state index contributed by atoms with van der Waals surface area (Å²) in [5, 5.41) is 9.55. The highest BCUT2D eigenvalue weighted by Crippen LogP contribution is 2.40. The Labute approximate surface area is 155 Å². The van der Waals surface area contributed by atoms with Gasteiger partial charge in [-0.3, -0.25) is 0 Å². The lowest BCUT2D eigenvalue weighted by molar-refractivity contribution is 0.149. The topological polar surface area (TPSA) is 80.9 Å². The summed E-state index contributed by atoms with van der Waals surface area (Å²) in [5.41, 5.74) is 0.503. The SMILES string of the molecule is COc1cc(NC(=O)NC2CC(C)(C)NC(C)(C)C2)cc(OC)c1OC. The fourth-order valence-electron chi connectivity index (χ4n) is 3.93. The summed E-state index contributed by atoms with van der Waals surface area (Å²) in [6.07, 6.45) is 1.72. The van der Waals surface area contributed by atoms with E-state index < -0.39 is 0 Å². The monoisotopic (exact) mass is 365 g/mol. The van der Waals surface area contributed by atoms with Crippen LogP contribution >= 0.6 is 0 Å². The van der Waals surface area contributed by atoms with Crippen molar-refractivity contribution in [3.8, 4) is 17.2 Å².